The van der Waals surface area contributed by atoms with Gasteiger partial charge in [-0.25, -0.2) is 13.8 Å². The van der Waals surface area contributed by atoms with Gasteiger partial charge in [-0.1, -0.05) is 0 Å². The Hall–Kier alpha value is -2.34. The van der Waals surface area contributed by atoms with Gasteiger partial charge in [-0.2, -0.15) is 5.26 Å². The molecule has 19 heavy (non-hydrogen) atoms. The van der Waals surface area contributed by atoms with Crippen LogP contribution < -0.4 is 5.32 Å². The van der Waals surface area contributed by atoms with Gasteiger partial charge in [0.2, 0.25) is 5.82 Å². The van der Waals surface area contributed by atoms with E-state index in [1.807, 2.05) is 0 Å². The van der Waals surface area contributed by atoms with Crippen LogP contribution in [0.3, 0.4) is 0 Å². The van der Waals surface area contributed by atoms with E-state index in [0.717, 1.165) is 6.07 Å². The molecule has 0 saturated heterocycles. The van der Waals surface area contributed by atoms with Crippen LogP contribution >= 0.6 is 0 Å². The Morgan fingerprint density at radius 2 is 2.37 bits per heavy atom. The first-order valence-corrected chi connectivity index (χ1v) is 5.19. The molecule has 0 aliphatic heterocycles. The van der Waals surface area contributed by atoms with E-state index in [4.69, 9.17) is 5.26 Å². The van der Waals surface area contributed by atoms with E-state index in [1.54, 1.807) is 6.07 Å². The standard InChI is InChI=1S/C10H10F2N4O3/c11-9(12)6-19-2-1-14-10-8(16(17)18)3-7(4-13)5-15-10/h3,5,9H,1-2,6H2,(H,14,15). The van der Waals surface area contributed by atoms with Gasteiger partial charge in [-0.3, -0.25) is 10.1 Å². The fourth-order valence-electron chi connectivity index (χ4n) is 1.20. The molecule has 0 aromatic carbocycles. The zero-order chi connectivity index (χ0) is 14.3. The normalized spacial score (nSPS) is 10.2. The van der Waals surface area contributed by atoms with E-state index in [9.17, 15) is 18.9 Å². The second-order valence-corrected chi connectivity index (χ2v) is 3.35. The van der Waals surface area contributed by atoms with Gasteiger partial charge in [0, 0.05) is 18.8 Å². The van der Waals surface area contributed by atoms with Crippen LogP contribution in [0.2, 0.25) is 0 Å². The van der Waals surface area contributed by atoms with Crippen molar-refractivity contribution >= 4 is 11.5 Å². The summed E-state index contributed by atoms with van der Waals surface area (Å²) in [6.07, 6.45) is -1.38. The molecule has 0 aliphatic rings. The molecule has 1 rings (SSSR count). The molecule has 0 fully saturated rings. The van der Waals surface area contributed by atoms with Crippen LogP contribution in [-0.2, 0) is 4.74 Å². The average molecular weight is 272 g/mol. The predicted molar refractivity (Wildman–Crippen MR) is 60.9 cm³/mol. The summed E-state index contributed by atoms with van der Waals surface area (Å²) in [5.74, 6) is -0.0374. The Balaban J connectivity index is 2.58. The number of hydrogen-bond donors (Lipinski definition) is 1. The first-order valence-electron chi connectivity index (χ1n) is 5.19. The van der Waals surface area contributed by atoms with E-state index in [1.165, 1.54) is 6.20 Å². The molecular weight excluding hydrogens is 262 g/mol. The molecule has 0 radical (unpaired) electrons. The smallest absolute Gasteiger partial charge is 0.312 e. The molecule has 102 valence electrons. The minimum atomic E-state index is -2.55. The predicted octanol–water partition coefficient (Wildman–Crippen LogP) is 1.56. The number of nitrogens with one attached hydrogen (secondary N) is 1. The minimum Gasteiger partial charge on any atom is -0.374 e. The van der Waals surface area contributed by atoms with Gasteiger partial charge in [-0.15, -0.1) is 0 Å². The molecular formula is C10H10F2N4O3. The van der Waals surface area contributed by atoms with E-state index in [0.29, 0.717) is 0 Å². The lowest BCUT2D eigenvalue weighted by Gasteiger charge is -2.06. The van der Waals surface area contributed by atoms with Gasteiger partial charge in [0.1, 0.15) is 12.7 Å². The lowest BCUT2D eigenvalue weighted by Crippen LogP contribution is -2.14. The largest absolute Gasteiger partial charge is 0.374 e. The second kappa shape index (κ2) is 7.17. The maximum atomic E-state index is 11.8. The van der Waals surface area contributed by atoms with Crippen molar-refractivity contribution in [3.63, 3.8) is 0 Å². The van der Waals surface area contributed by atoms with Crippen molar-refractivity contribution in [1.29, 1.82) is 5.26 Å². The number of nitriles is 1. The third-order valence-electron chi connectivity index (χ3n) is 1.98. The second-order valence-electron chi connectivity index (χ2n) is 3.35. The summed E-state index contributed by atoms with van der Waals surface area (Å²) in [7, 11) is 0. The number of pyridine rings is 1. The molecule has 9 heteroatoms. The lowest BCUT2D eigenvalue weighted by atomic mass is 10.3. The molecule has 0 spiro atoms. The summed E-state index contributed by atoms with van der Waals surface area (Å²) in [5, 5.41) is 22.0. The van der Waals surface area contributed by atoms with Gasteiger partial charge >= 0.3 is 5.69 Å². The molecule has 0 amide bonds. The first-order chi connectivity index (χ1) is 9.04. The quantitative estimate of drug-likeness (QED) is 0.459. The third kappa shape index (κ3) is 4.81. The number of halogens is 2. The molecule has 0 bridgehead atoms. The molecule has 1 heterocycles. The van der Waals surface area contributed by atoms with Crippen LogP contribution in [0.4, 0.5) is 20.3 Å². The van der Waals surface area contributed by atoms with E-state index in [2.05, 4.69) is 15.0 Å². The van der Waals surface area contributed by atoms with Gasteiger partial charge < -0.3 is 10.1 Å². The van der Waals surface area contributed by atoms with Crippen LogP contribution in [-0.4, -0.2) is 36.1 Å². The van der Waals surface area contributed by atoms with Crippen LogP contribution in [0.25, 0.3) is 0 Å². The lowest BCUT2D eigenvalue weighted by molar-refractivity contribution is -0.384. The molecule has 1 aromatic rings. The first kappa shape index (κ1) is 14.7. The van der Waals surface area contributed by atoms with Crippen LogP contribution in [0.15, 0.2) is 12.3 Å². The molecule has 7 nitrogen and oxygen atoms in total. The molecule has 0 unspecified atom stereocenters. The maximum Gasteiger partial charge on any atom is 0.312 e. The van der Waals surface area contributed by atoms with Gasteiger partial charge in [-0.05, 0) is 0 Å². The van der Waals surface area contributed by atoms with Gasteiger partial charge in [0.15, 0.2) is 0 Å². The fourth-order valence-corrected chi connectivity index (χ4v) is 1.20. The topological polar surface area (TPSA) is 101 Å². The average Bonchev–Trinajstić information content (AvgIpc) is 2.38. The summed E-state index contributed by atoms with van der Waals surface area (Å²) >= 11 is 0. The van der Waals surface area contributed by atoms with Crippen molar-refractivity contribution in [2.45, 2.75) is 6.43 Å². The number of ether oxygens (including phenoxy) is 1. The highest BCUT2D eigenvalue weighted by molar-refractivity contribution is 5.58. The SMILES string of the molecule is N#Cc1cnc(NCCOCC(F)F)c([N+](=O)[O-])c1. The van der Waals surface area contributed by atoms with Crippen LogP contribution in [0.1, 0.15) is 5.56 Å². The summed E-state index contributed by atoms with van der Waals surface area (Å²) in [6.45, 7) is -0.639. The molecule has 0 saturated carbocycles. The van der Waals surface area contributed by atoms with Crippen molar-refractivity contribution in [2.24, 2.45) is 0 Å². The Bertz CT molecular complexity index is 490. The van der Waals surface area contributed by atoms with E-state index < -0.39 is 18.0 Å². The summed E-state index contributed by atoms with van der Waals surface area (Å²) in [6, 6.07) is 2.81. The number of nitro groups is 1. The Morgan fingerprint density at radius 3 is 2.95 bits per heavy atom. The zero-order valence-corrected chi connectivity index (χ0v) is 9.68. The molecule has 1 N–H and O–H groups in total. The van der Waals surface area contributed by atoms with Crippen molar-refractivity contribution in [3.05, 3.63) is 27.9 Å². The number of rotatable bonds is 7. The fraction of sp³-hybridized carbons (Fsp3) is 0.400. The summed E-state index contributed by atoms with van der Waals surface area (Å²) < 4.78 is 28.1. The number of nitrogens with zero attached hydrogens (tertiary/aromatic N) is 3. The van der Waals surface area contributed by atoms with Gasteiger partial charge in [0.25, 0.3) is 6.43 Å². The van der Waals surface area contributed by atoms with Crippen molar-refractivity contribution in [1.82, 2.24) is 4.98 Å². The maximum absolute atomic E-state index is 11.8. The van der Waals surface area contributed by atoms with Crippen LogP contribution in [0, 0.1) is 21.4 Å². The highest BCUT2D eigenvalue weighted by atomic mass is 19.3. The monoisotopic (exact) mass is 272 g/mol. The zero-order valence-electron chi connectivity index (χ0n) is 9.68. The Kier molecular flexibility index (Phi) is 5.56. The number of alkyl halides is 2. The third-order valence-corrected chi connectivity index (χ3v) is 1.98. The highest BCUT2D eigenvalue weighted by Crippen LogP contribution is 2.22. The Labute approximate surface area is 107 Å². The highest BCUT2D eigenvalue weighted by Gasteiger charge is 2.15. The van der Waals surface area contributed by atoms with Crippen molar-refractivity contribution in [3.8, 4) is 6.07 Å². The number of hydrogen-bond acceptors (Lipinski definition) is 6. The molecule has 1 aromatic heterocycles. The van der Waals surface area contributed by atoms with E-state index in [-0.39, 0.29) is 30.2 Å². The number of anilines is 1. The van der Waals surface area contributed by atoms with Crippen LogP contribution in [0.5, 0.6) is 0 Å². The Morgan fingerprint density at radius 1 is 1.63 bits per heavy atom. The summed E-state index contributed by atoms with van der Waals surface area (Å²) in [4.78, 5) is 13.8. The molecule has 0 atom stereocenters. The summed E-state index contributed by atoms with van der Waals surface area (Å²) in [5.41, 5.74) is -0.292. The van der Waals surface area contributed by atoms with Gasteiger partial charge in [0.05, 0.1) is 17.1 Å². The van der Waals surface area contributed by atoms with Crippen molar-refractivity contribution in [2.75, 3.05) is 25.1 Å². The molecule has 0 aliphatic carbocycles. The van der Waals surface area contributed by atoms with Crippen molar-refractivity contribution < 1.29 is 18.4 Å². The van der Waals surface area contributed by atoms with E-state index >= 15 is 0 Å². The minimum absolute atomic E-state index is 0.0374. The number of aromatic nitrogens is 1.